The molecule has 2 heterocycles. The summed E-state index contributed by atoms with van der Waals surface area (Å²) in [5, 5.41) is 15.9. The van der Waals surface area contributed by atoms with Crippen LogP contribution in [-0.2, 0) is 41.7 Å². The van der Waals surface area contributed by atoms with E-state index in [4.69, 9.17) is 14.2 Å². The summed E-state index contributed by atoms with van der Waals surface area (Å²) in [5.74, 6) is -0.168. The van der Waals surface area contributed by atoms with Gasteiger partial charge < -0.3 is 30.0 Å². The number of benzene rings is 3. The van der Waals surface area contributed by atoms with E-state index in [1.54, 1.807) is 6.92 Å². The lowest BCUT2D eigenvalue weighted by Crippen LogP contribution is -2.61. The van der Waals surface area contributed by atoms with Crippen molar-refractivity contribution in [2.24, 2.45) is 11.8 Å². The topological polar surface area (TPSA) is 126 Å². The highest BCUT2D eigenvalue weighted by Gasteiger charge is 2.46. The van der Waals surface area contributed by atoms with Gasteiger partial charge in [-0.15, -0.1) is 0 Å². The second-order valence-electron chi connectivity index (χ2n) is 16.8. The number of aliphatic hydroxyl groups is 1. The number of aliphatic hydroxyl groups excluding tert-OH is 1. The minimum atomic E-state index is -0.863. The van der Waals surface area contributed by atoms with E-state index in [2.05, 4.69) is 34.6 Å². The molecule has 55 heavy (non-hydrogen) atoms. The van der Waals surface area contributed by atoms with Crippen molar-refractivity contribution in [1.82, 2.24) is 15.5 Å². The fourth-order valence-corrected chi connectivity index (χ4v) is 8.59. The highest BCUT2D eigenvalue weighted by atomic mass is 16.7. The van der Waals surface area contributed by atoms with Crippen molar-refractivity contribution in [1.29, 1.82) is 0 Å². The molecule has 0 spiro atoms. The van der Waals surface area contributed by atoms with Crippen LogP contribution in [0.2, 0.25) is 0 Å². The van der Waals surface area contributed by atoms with Crippen molar-refractivity contribution < 1.29 is 33.7 Å². The average Bonchev–Trinajstić information content (AvgIpc) is 3.17. The van der Waals surface area contributed by atoms with Gasteiger partial charge in [0.25, 0.3) is 5.91 Å². The van der Waals surface area contributed by atoms with E-state index >= 15 is 0 Å². The van der Waals surface area contributed by atoms with Gasteiger partial charge in [0.1, 0.15) is 0 Å². The van der Waals surface area contributed by atoms with E-state index < -0.39 is 18.4 Å². The van der Waals surface area contributed by atoms with E-state index in [0.29, 0.717) is 25.0 Å². The Morgan fingerprint density at radius 1 is 0.891 bits per heavy atom. The zero-order chi connectivity index (χ0) is 39.3. The first kappa shape index (κ1) is 40.6. The summed E-state index contributed by atoms with van der Waals surface area (Å²) in [5.41, 5.74) is 5.38. The normalized spacial score (nSPS) is 26.3. The molecular weight excluding hydrogens is 695 g/mol. The molecule has 2 amide bonds. The average molecular weight is 754 g/mol. The number of nitrogens with one attached hydrogen (secondary N) is 2. The Labute approximate surface area is 326 Å². The summed E-state index contributed by atoms with van der Waals surface area (Å²) >= 11 is 0. The number of nitrogens with zero attached hydrogens (tertiary/aromatic N) is 1. The second-order valence-corrected chi connectivity index (χ2v) is 16.8. The molecule has 2 aliphatic heterocycles. The molecule has 10 heteroatoms. The molecule has 0 unspecified atom stereocenters. The van der Waals surface area contributed by atoms with Crippen LogP contribution >= 0.6 is 0 Å². The minimum Gasteiger partial charge on any atom is -0.453 e. The van der Waals surface area contributed by atoms with Crippen LogP contribution in [0.15, 0.2) is 72.8 Å². The molecule has 1 saturated carbocycles. The largest absolute Gasteiger partial charge is 0.453 e. The zero-order valence-electron chi connectivity index (χ0n) is 33.3. The maximum absolute atomic E-state index is 13.9. The summed E-state index contributed by atoms with van der Waals surface area (Å²) in [6.45, 7) is 12.1. The molecule has 296 valence electrons. The number of ether oxygens (including phenoxy) is 3. The highest BCUT2D eigenvalue weighted by molar-refractivity contribution is 5.83. The molecule has 3 aromatic carbocycles. The van der Waals surface area contributed by atoms with Gasteiger partial charge in [-0.05, 0) is 93.2 Å². The van der Waals surface area contributed by atoms with Gasteiger partial charge in [-0.25, -0.2) is 0 Å². The number of hydrogen-bond acceptors (Lipinski definition) is 8. The fraction of sp³-hybridized carbons (Fsp3) is 0.533. The van der Waals surface area contributed by atoms with Crippen LogP contribution in [0, 0.1) is 11.8 Å². The quantitative estimate of drug-likeness (QED) is 0.177. The lowest BCUT2D eigenvalue weighted by Gasteiger charge is -2.51. The monoisotopic (exact) mass is 753 g/mol. The molecule has 6 rings (SSSR count). The zero-order valence-corrected chi connectivity index (χ0v) is 33.3. The van der Waals surface area contributed by atoms with E-state index in [1.807, 2.05) is 81.4 Å². The number of fused-ring (bicyclic) bond motifs is 1. The van der Waals surface area contributed by atoms with Crippen LogP contribution in [0.5, 0.6) is 0 Å². The van der Waals surface area contributed by atoms with E-state index in [0.717, 1.165) is 52.6 Å². The molecule has 0 radical (unpaired) electrons. The number of likely N-dealkylation sites (tertiary alicyclic amines) is 1. The molecule has 1 aliphatic carbocycles. The molecule has 0 bridgehead atoms. The molecule has 3 fully saturated rings. The van der Waals surface area contributed by atoms with Crippen molar-refractivity contribution in [2.45, 2.75) is 135 Å². The first-order chi connectivity index (χ1) is 26.3. The maximum atomic E-state index is 13.9. The number of esters is 1. The summed E-state index contributed by atoms with van der Waals surface area (Å²) in [4.78, 5) is 40.0. The number of rotatable bonds is 11. The van der Waals surface area contributed by atoms with Gasteiger partial charge in [0.15, 0.2) is 12.4 Å². The Morgan fingerprint density at radius 3 is 2.29 bits per heavy atom. The predicted molar refractivity (Wildman–Crippen MR) is 211 cm³/mol. The van der Waals surface area contributed by atoms with Crippen molar-refractivity contribution in [3.05, 3.63) is 95.1 Å². The highest BCUT2D eigenvalue weighted by Crippen LogP contribution is 2.44. The Hall–Kier alpha value is -4.09. The van der Waals surface area contributed by atoms with Crippen molar-refractivity contribution in [3.8, 4) is 11.1 Å². The summed E-state index contributed by atoms with van der Waals surface area (Å²) < 4.78 is 18.8. The molecule has 8 atom stereocenters. The van der Waals surface area contributed by atoms with Gasteiger partial charge in [0.2, 0.25) is 5.91 Å². The van der Waals surface area contributed by atoms with Gasteiger partial charge in [-0.3, -0.25) is 19.3 Å². The third kappa shape index (κ3) is 10.2. The smallest absolute Gasteiger partial charge is 0.303 e. The fourth-order valence-electron chi connectivity index (χ4n) is 8.59. The van der Waals surface area contributed by atoms with E-state index in [-0.39, 0.29) is 48.1 Å². The van der Waals surface area contributed by atoms with Crippen molar-refractivity contribution >= 4 is 17.8 Å². The Kier molecular flexibility index (Phi) is 13.1. The number of carbonyl (C=O) groups is 3. The van der Waals surface area contributed by atoms with Gasteiger partial charge in [-0.2, -0.15) is 0 Å². The lowest BCUT2D eigenvalue weighted by atomic mass is 9.75. The van der Waals surface area contributed by atoms with Gasteiger partial charge in [-0.1, -0.05) is 86.5 Å². The van der Waals surface area contributed by atoms with Crippen LogP contribution < -0.4 is 10.6 Å². The minimum absolute atomic E-state index is 0.00830. The first-order valence-electron chi connectivity index (χ1n) is 20.0. The summed E-state index contributed by atoms with van der Waals surface area (Å²) in [6, 6.07) is 24.3. The molecule has 2 saturated heterocycles. The van der Waals surface area contributed by atoms with Crippen LogP contribution in [-0.4, -0.2) is 64.2 Å². The molecule has 0 aromatic heterocycles. The number of piperidine rings is 1. The van der Waals surface area contributed by atoms with Gasteiger partial charge in [0, 0.05) is 43.1 Å². The summed E-state index contributed by atoms with van der Waals surface area (Å²) in [7, 11) is 0. The molecule has 3 aromatic rings. The van der Waals surface area contributed by atoms with E-state index in [9.17, 15) is 19.5 Å². The maximum Gasteiger partial charge on any atom is 0.303 e. The lowest BCUT2D eigenvalue weighted by molar-refractivity contribution is -0.278. The van der Waals surface area contributed by atoms with Gasteiger partial charge in [0.05, 0.1) is 24.9 Å². The number of hydrogen-bond donors (Lipinski definition) is 3. The molecular formula is C45H59N3O7. The van der Waals surface area contributed by atoms with E-state index in [1.165, 1.54) is 26.2 Å². The Morgan fingerprint density at radius 2 is 1.60 bits per heavy atom. The first-order valence-corrected chi connectivity index (χ1v) is 20.0. The second kappa shape index (κ2) is 17.8. The number of carbonyl (C=O) groups excluding carboxylic acids is 3. The van der Waals surface area contributed by atoms with Crippen molar-refractivity contribution in [3.63, 3.8) is 0 Å². The number of amides is 2. The standard InChI is InChI=1S/C45H59N3O7/c1-28-40(26-48-38-13-8-7-11-34(38)22-23-39(48)43(52)47-45(4,5)6)54-44(55-41(28)35-16-14-31(27-49)15-17-35)36-20-18-33(19-21-36)37-12-9-10-32(24-37)25-46-42(51)29(2)53-30(3)50/h9-10,12,14-21,24,28-29,34,38-41,44,49H,7-8,11,13,22-23,25-27H2,1-6H3,(H,46,51)(H,47,52)/t28-,29+,34-,38-,39-,40+,41+,44+/m1/s1. The van der Waals surface area contributed by atoms with Gasteiger partial charge >= 0.3 is 5.97 Å². The third-order valence-electron chi connectivity index (χ3n) is 11.4. The van der Waals surface area contributed by atoms with Crippen molar-refractivity contribution in [2.75, 3.05) is 6.54 Å². The Balaban J connectivity index is 1.24. The third-order valence-corrected chi connectivity index (χ3v) is 11.4. The molecule has 3 aliphatic rings. The SMILES string of the molecule is CC(=O)O[C@@H](C)C(=O)NCc1cccc(-c2ccc([C@H]3O[C@@H](CN4[C@@H](C(=O)NC(C)(C)C)CC[C@H]5CCCC[C@H]54)[C@@H](C)[C@@H](c4ccc(CO)cc4)O3)cc2)c1. The van der Waals surface area contributed by atoms with Crippen LogP contribution in [0.1, 0.15) is 115 Å². The van der Waals surface area contributed by atoms with Crippen LogP contribution in [0.4, 0.5) is 0 Å². The molecule has 3 N–H and O–H groups in total. The Bertz CT molecular complexity index is 1770. The molecule has 10 nitrogen and oxygen atoms in total. The van der Waals surface area contributed by atoms with Crippen LogP contribution in [0.3, 0.4) is 0 Å². The predicted octanol–water partition coefficient (Wildman–Crippen LogP) is 7.14. The van der Waals surface area contributed by atoms with Crippen LogP contribution in [0.25, 0.3) is 11.1 Å². The summed E-state index contributed by atoms with van der Waals surface area (Å²) in [6.07, 6.45) is 4.69.